The van der Waals surface area contributed by atoms with E-state index in [-0.39, 0.29) is 12.6 Å². The fourth-order valence-electron chi connectivity index (χ4n) is 0.917. The summed E-state index contributed by atoms with van der Waals surface area (Å²) < 4.78 is -0.690. The third kappa shape index (κ3) is 5.08. The number of carboxylic acids is 1. The fraction of sp³-hybridized carbons (Fsp3) is 0.750. The molecule has 0 radical (unpaired) electrons. The molecule has 0 aromatic carbocycles. The Hall–Kier alpha value is -0.750. The molecule has 0 aliphatic heterocycles. The molecule has 6 heteroatoms. The van der Waals surface area contributed by atoms with E-state index >= 15 is 0 Å². The number of carboxylic acid groups (broad SMARTS) is 1. The van der Waals surface area contributed by atoms with Gasteiger partial charge in [0.05, 0.1) is 6.67 Å². The van der Waals surface area contributed by atoms with Crippen LogP contribution >= 0.6 is 12.6 Å². The van der Waals surface area contributed by atoms with Crippen molar-refractivity contribution in [2.24, 2.45) is 0 Å². The number of nitrogens with one attached hydrogen (secondary N) is 2. The van der Waals surface area contributed by atoms with Crippen LogP contribution in [0.2, 0.25) is 0 Å². The Labute approximate surface area is 88.7 Å². The smallest absolute Gasteiger partial charge is 0.322 e. The van der Waals surface area contributed by atoms with Gasteiger partial charge in [-0.25, -0.2) is 0 Å². The first-order chi connectivity index (χ1) is 6.25. The van der Waals surface area contributed by atoms with Crippen LogP contribution in [0.4, 0.5) is 0 Å². The molecule has 14 heavy (non-hydrogen) atoms. The summed E-state index contributed by atoms with van der Waals surface area (Å²) in [6.45, 7) is 4.87. The lowest BCUT2D eigenvalue weighted by Crippen LogP contribution is -2.52. The molecule has 0 aromatic heterocycles. The lowest BCUT2D eigenvalue weighted by molar-refractivity contribution is -0.140. The largest absolute Gasteiger partial charge is 0.480 e. The average molecular weight is 220 g/mol. The summed E-state index contributed by atoms with van der Waals surface area (Å²) in [4.78, 5) is 21.3. The van der Waals surface area contributed by atoms with Crippen LogP contribution in [-0.2, 0) is 9.59 Å². The van der Waals surface area contributed by atoms with Gasteiger partial charge < -0.3 is 10.4 Å². The van der Waals surface area contributed by atoms with Crippen LogP contribution in [0.25, 0.3) is 0 Å². The average Bonchev–Trinajstić information content (AvgIpc) is 1.94. The molecular weight excluding hydrogens is 204 g/mol. The quantitative estimate of drug-likeness (QED) is 0.383. The molecule has 0 unspecified atom stereocenters. The number of aliphatic carboxylic acids is 1. The Bertz CT molecular complexity index is 225. The number of hydrogen-bond acceptors (Lipinski definition) is 4. The zero-order chi connectivity index (χ0) is 11.4. The Kier molecular flexibility index (Phi) is 4.93. The highest BCUT2D eigenvalue weighted by molar-refractivity contribution is 7.81. The topological polar surface area (TPSA) is 78.4 Å². The third-order valence-corrected chi connectivity index (χ3v) is 1.86. The highest BCUT2D eigenvalue weighted by atomic mass is 32.1. The van der Waals surface area contributed by atoms with Gasteiger partial charge in [-0.15, -0.1) is 0 Å². The zero-order valence-electron chi connectivity index (χ0n) is 8.50. The number of hydrogen-bond donors (Lipinski definition) is 4. The normalized spacial score (nSPS) is 13.4. The van der Waals surface area contributed by atoms with E-state index in [1.807, 2.05) is 0 Å². The van der Waals surface area contributed by atoms with Gasteiger partial charge in [0.1, 0.15) is 6.04 Å². The molecule has 0 rings (SSSR count). The van der Waals surface area contributed by atoms with Crippen molar-refractivity contribution < 1.29 is 14.7 Å². The minimum absolute atomic E-state index is 0.121. The van der Waals surface area contributed by atoms with Crippen molar-refractivity contribution >= 4 is 24.5 Å². The molecule has 0 saturated carbocycles. The summed E-state index contributed by atoms with van der Waals surface area (Å²) in [6, 6.07) is -0.808. The lowest BCUT2D eigenvalue weighted by atomic mass is 10.0. The number of carbonyl (C=O) groups excluding carboxylic acids is 1. The van der Waals surface area contributed by atoms with E-state index in [9.17, 15) is 9.59 Å². The Morgan fingerprint density at radius 3 is 2.29 bits per heavy atom. The first-order valence-electron chi connectivity index (χ1n) is 4.18. The van der Waals surface area contributed by atoms with Crippen LogP contribution < -0.4 is 10.6 Å². The predicted molar refractivity (Wildman–Crippen MR) is 56.3 cm³/mol. The van der Waals surface area contributed by atoms with E-state index in [1.165, 1.54) is 6.92 Å². The van der Waals surface area contributed by atoms with Gasteiger partial charge in [0, 0.05) is 11.7 Å². The molecule has 82 valence electrons. The predicted octanol–water partition coefficient (Wildman–Crippen LogP) is -0.169. The van der Waals surface area contributed by atoms with Crippen molar-refractivity contribution in [3.05, 3.63) is 0 Å². The Morgan fingerprint density at radius 2 is 2.00 bits per heavy atom. The van der Waals surface area contributed by atoms with Gasteiger partial charge in [-0.1, -0.05) is 0 Å². The minimum Gasteiger partial charge on any atom is -0.480 e. The van der Waals surface area contributed by atoms with E-state index in [4.69, 9.17) is 5.11 Å². The van der Waals surface area contributed by atoms with Crippen molar-refractivity contribution in [1.29, 1.82) is 0 Å². The first-order valence-corrected chi connectivity index (χ1v) is 4.63. The highest BCUT2D eigenvalue weighted by Gasteiger charge is 2.31. The molecule has 0 aliphatic carbocycles. The van der Waals surface area contributed by atoms with Crippen molar-refractivity contribution in [3.63, 3.8) is 0 Å². The van der Waals surface area contributed by atoms with Crippen LogP contribution in [0.15, 0.2) is 0 Å². The summed E-state index contributed by atoms with van der Waals surface area (Å²) in [5, 5.41) is 14.0. The standard InChI is InChI=1S/C8H16N2O3S/c1-5(11)9-4-10-6(7(12)13)8(2,3)14/h6,10,14H,4H2,1-3H3,(H,9,11)(H,12,13)/t6-/m0/s1. The Balaban J connectivity index is 4.13. The van der Waals surface area contributed by atoms with Crippen molar-refractivity contribution in [2.45, 2.75) is 31.6 Å². The van der Waals surface area contributed by atoms with E-state index in [0.29, 0.717) is 0 Å². The van der Waals surface area contributed by atoms with Crippen molar-refractivity contribution in [3.8, 4) is 0 Å². The molecule has 0 aromatic rings. The molecule has 0 spiro atoms. The second-order valence-electron chi connectivity index (χ2n) is 3.54. The zero-order valence-corrected chi connectivity index (χ0v) is 9.39. The monoisotopic (exact) mass is 220 g/mol. The van der Waals surface area contributed by atoms with Gasteiger partial charge in [0.15, 0.2) is 0 Å². The van der Waals surface area contributed by atoms with E-state index in [1.54, 1.807) is 13.8 Å². The lowest BCUT2D eigenvalue weighted by Gasteiger charge is -2.26. The number of rotatable bonds is 5. The van der Waals surface area contributed by atoms with Crippen LogP contribution in [0.5, 0.6) is 0 Å². The van der Waals surface area contributed by atoms with Gasteiger partial charge in [0.2, 0.25) is 5.91 Å². The third-order valence-electron chi connectivity index (χ3n) is 1.60. The number of carbonyl (C=O) groups is 2. The molecule has 0 saturated heterocycles. The molecule has 3 N–H and O–H groups in total. The second kappa shape index (κ2) is 5.21. The second-order valence-corrected chi connectivity index (χ2v) is 4.69. The molecule has 1 atom stereocenters. The number of thiol groups is 1. The SMILES string of the molecule is CC(=O)NCN[C@@H](C(=O)O)C(C)(C)S. The van der Waals surface area contributed by atoms with Crippen LogP contribution in [0, 0.1) is 0 Å². The van der Waals surface area contributed by atoms with E-state index in [2.05, 4.69) is 23.3 Å². The fourth-order valence-corrected chi connectivity index (χ4v) is 1.12. The number of amides is 1. The van der Waals surface area contributed by atoms with Crippen LogP contribution in [-0.4, -0.2) is 34.4 Å². The summed E-state index contributed by atoms with van der Waals surface area (Å²) in [5.41, 5.74) is 0. The van der Waals surface area contributed by atoms with E-state index < -0.39 is 16.8 Å². The molecular formula is C8H16N2O3S. The first kappa shape index (κ1) is 13.2. The van der Waals surface area contributed by atoms with Gasteiger partial charge >= 0.3 is 5.97 Å². The molecule has 5 nitrogen and oxygen atoms in total. The molecule has 0 bridgehead atoms. The van der Waals surface area contributed by atoms with Crippen molar-refractivity contribution in [2.75, 3.05) is 6.67 Å². The van der Waals surface area contributed by atoms with E-state index in [0.717, 1.165) is 0 Å². The van der Waals surface area contributed by atoms with Gasteiger partial charge in [-0.2, -0.15) is 12.6 Å². The maximum Gasteiger partial charge on any atom is 0.322 e. The highest BCUT2D eigenvalue weighted by Crippen LogP contribution is 2.17. The molecule has 0 fully saturated rings. The molecule has 0 aliphatic rings. The van der Waals surface area contributed by atoms with Gasteiger partial charge in [-0.05, 0) is 13.8 Å². The van der Waals surface area contributed by atoms with Gasteiger partial charge in [-0.3, -0.25) is 14.9 Å². The summed E-state index contributed by atoms with van der Waals surface area (Å²) in [5.74, 6) is -1.20. The minimum atomic E-state index is -0.990. The van der Waals surface area contributed by atoms with Gasteiger partial charge in [0.25, 0.3) is 0 Å². The molecule has 1 amide bonds. The van der Waals surface area contributed by atoms with Crippen molar-refractivity contribution in [1.82, 2.24) is 10.6 Å². The summed E-state index contributed by atoms with van der Waals surface area (Å²) >= 11 is 4.16. The maximum atomic E-state index is 10.8. The van der Waals surface area contributed by atoms with Crippen LogP contribution in [0.3, 0.4) is 0 Å². The Morgan fingerprint density at radius 1 is 1.50 bits per heavy atom. The molecule has 0 heterocycles. The summed E-state index contributed by atoms with van der Waals surface area (Å²) in [7, 11) is 0. The maximum absolute atomic E-state index is 10.8. The van der Waals surface area contributed by atoms with Crippen LogP contribution in [0.1, 0.15) is 20.8 Å². The summed E-state index contributed by atoms with van der Waals surface area (Å²) in [6.07, 6.45) is 0.